The van der Waals surface area contributed by atoms with Crippen LogP contribution >= 0.6 is 19.4 Å². The molecule has 0 saturated carbocycles. The minimum Gasteiger partial charge on any atom is -0.365 e. The van der Waals surface area contributed by atoms with E-state index in [0.717, 1.165) is 23.5 Å². The van der Waals surface area contributed by atoms with Gasteiger partial charge in [0.25, 0.3) is 5.91 Å². The smallest absolute Gasteiger partial charge is 0.365 e. The molecule has 18 heavy (non-hydrogen) atoms. The first-order valence-electron chi connectivity index (χ1n) is 4.70. The number of halogens is 2. The molecule has 1 aromatic heterocycles. The summed E-state index contributed by atoms with van der Waals surface area (Å²) in [5.41, 5.74) is 0.716. The van der Waals surface area contributed by atoms with Gasteiger partial charge in [0.1, 0.15) is 0 Å². The van der Waals surface area contributed by atoms with Crippen LogP contribution in [0.2, 0.25) is 0 Å². The van der Waals surface area contributed by atoms with Crippen molar-refractivity contribution in [3.05, 3.63) is 34.7 Å². The summed E-state index contributed by atoms with van der Waals surface area (Å²) < 4.78 is 37.9. The van der Waals surface area contributed by atoms with Crippen molar-refractivity contribution in [2.45, 2.75) is 5.66 Å². The maximum absolute atomic E-state index is 13.3. The van der Waals surface area contributed by atoms with Crippen molar-refractivity contribution in [2.24, 2.45) is 5.73 Å². The number of alkyl halides is 2. The molecule has 94 valence electrons. The fourth-order valence-corrected chi connectivity index (χ4v) is 2.72. The molecule has 0 aliphatic heterocycles. The summed E-state index contributed by atoms with van der Waals surface area (Å²) in [5.74, 6) is -0.641. The number of carbonyl (C=O) groups is 1. The minimum atomic E-state index is -3.81. The second kappa shape index (κ2) is 4.35. The van der Waals surface area contributed by atoms with E-state index < -0.39 is 25.2 Å². The topological polar surface area (TPSA) is 80.4 Å². The summed E-state index contributed by atoms with van der Waals surface area (Å²) in [6, 6.07) is 4.90. The minimum absolute atomic E-state index is 0.249. The lowest BCUT2D eigenvalue weighted by Crippen LogP contribution is -2.08. The quantitative estimate of drug-likeness (QED) is 0.853. The second-order valence-electron chi connectivity index (χ2n) is 3.54. The number of thiophene rings is 1. The van der Waals surface area contributed by atoms with Gasteiger partial charge in [0.05, 0.1) is 10.4 Å². The van der Waals surface area contributed by atoms with E-state index in [9.17, 15) is 18.1 Å². The van der Waals surface area contributed by atoms with Crippen molar-refractivity contribution in [2.75, 3.05) is 0 Å². The molecule has 0 fully saturated rings. The average Bonchev–Trinajstić information content (AvgIpc) is 2.71. The van der Waals surface area contributed by atoms with Crippen LogP contribution in [0.4, 0.5) is 8.78 Å². The largest absolute Gasteiger partial charge is 0.589 e. The molecule has 1 heterocycles. The van der Waals surface area contributed by atoms with Gasteiger partial charge in [0.2, 0.25) is 0 Å². The van der Waals surface area contributed by atoms with Gasteiger partial charge in [0, 0.05) is 4.70 Å². The summed E-state index contributed by atoms with van der Waals surface area (Å²) in [6.45, 7) is 0. The lowest BCUT2D eigenvalue weighted by atomic mass is 10.1. The van der Waals surface area contributed by atoms with Crippen LogP contribution in [0.1, 0.15) is 15.2 Å². The molecule has 1 aromatic carbocycles. The van der Waals surface area contributed by atoms with Crippen LogP contribution in [-0.4, -0.2) is 10.8 Å². The van der Waals surface area contributed by atoms with E-state index >= 15 is 0 Å². The third kappa shape index (κ3) is 2.12. The molecule has 0 radical (unpaired) electrons. The van der Waals surface area contributed by atoms with Crippen LogP contribution in [0, 0.1) is 0 Å². The Hall–Kier alpha value is -1.43. The first kappa shape index (κ1) is 13.0. The van der Waals surface area contributed by atoms with Crippen molar-refractivity contribution in [3.63, 3.8) is 0 Å². The van der Waals surface area contributed by atoms with Gasteiger partial charge in [-0.2, -0.15) is 4.89 Å². The summed E-state index contributed by atoms with van der Waals surface area (Å²) in [6.07, 6.45) is 0. The average molecular weight is 290 g/mol. The number of rotatable bonds is 3. The predicted octanol–water partition coefficient (Wildman–Crippen LogP) is 2.78. The molecule has 0 aliphatic carbocycles. The van der Waals surface area contributed by atoms with Crippen LogP contribution in [0.25, 0.3) is 10.1 Å². The van der Waals surface area contributed by atoms with E-state index in [2.05, 4.69) is 0 Å². The maximum atomic E-state index is 13.3. The first-order valence-corrected chi connectivity index (χ1v) is 6.73. The van der Waals surface area contributed by atoms with Crippen molar-refractivity contribution >= 4 is 35.4 Å². The molecule has 4 nitrogen and oxygen atoms in total. The van der Waals surface area contributed by atoms with E-state index in [1.54, 1.807) is 0 Å². The fourth-order valence-electron chi connectivity index (χ4n) is 1.46. The van der Waals surface area contributed by atoms with Crippen molar-refractivity contribution in [1.82, 2.24) is 0 Å². The third-order valence-corrected chi connectivity index (χ3v) is 4.22. The highest BCUT2D eigenvalue weighted by Gasteiger charge is 2.53. The summed E-state index contributed by atoms with van der Waals surface area (Å²) in [7, 11) is -3.65. The standard InChI is InChI=1S/C10H6F2NO3PS/c11-10(12,17(15)16)6-1-2-7-5(3-6)4-8(18-7)9(13)14/h1-4H,(H2-,13,14,15,16)/p+1. The fraction of sp³-hybridized carbons (Fsp3) is 0.100. The van der Waals surface area contributed by atoms with Gasteiger partial charge < -0.3 is 5.73 Å². The Kier molecular flexibility index (Phi) is 3.14. The normalized spacial score (nSPS) is 12.7. The lowest BCUT2D eigenvalue weighted by Gasteiger charge is -2.02. The predicted molar refractivity (Wildman–Crippen MR) is 64.1 cm³/mol. The number of hydrogen-bond acceptors (Lipinski definition) is 3. The molecule has 2 rings (SSSR count). The number of benzene rings is 1. The van der Waals surface area contributed by atoms with Crippen LogP contribution in [0.15, 0.2) is 24.3 Å². The van der Waals surface area contributed by atoms with E-state index in [4.69, 9.17) is 10.6 Å². The van der Waals surface area contributed by atoms with Gasteiger partial charge in [-0.25, -0.2) is 0 Å². The Labute approximate surface area is 105 Å². The molecular formula is C10H7F2NO3PS+. The van der Waals surface area contributed by atoms with E-state index in [1.807, 2.05) is 0 Å². The number of nitrogens with two attached hydrogens (primary N) is 1. The molecule has 0 bridgehead atoms. The molecule has 3 N–H and O–H groups in total. The maximum Gasteiger partial charge on any atom is 0.589 e. The number of carbonyl (C=O) groups excluding carboxylic acids is 1. The lowest BCUT2D eigenvalue weighted by molar-refractivity contribution is 0.0816. The number of fused-ring (bicyclic) bond motifs is 1. The van der Waals surface area contributed by atoms with E-state index in [1.165, 1.54) is 12.1 Å². The highest BCUT2D eigenvalue weighted by molar-refractivity contribution is 7.39. The molecule has 1 amide bonds. The molecule has 1 atom stereocenters. The zero-order chi connectivity index (χ0) is 13.5. The van der Waals surface area contributed by atoms with Crippen molar-refractivity contribution in [1.29, 1.82) is 0 Å². The molecule has 8 heteroatoms. The van der Waals surface area contributed by atoms with E-state index in [-0.39, 0.29) is 4.88 Å². The summed E-state index contributed by atoms with van der Waals surface area (Å²) in [5, 5.41) is 0.392. The molecule has 2 aromatic rings. The third-order valence-electron chi connectivity index (χ3n) is 2.35. The molecule has 0 aliphatic rings. The molecular weight excluding hydrogens is 283 g/mol. The second-order valence-corrected chi connectivity index (χ2v) is 5.73. The highest BCUT2D eigenvalue weighted by Crippen LogP contribution is 2.48. The van der Waals surface area contributed by atoms with Gasteiger partial charge >= 0.3 is 13.7 Å². The monoisotopic (exact) mass is 290 g/mol. The zero-order valence-electron chi connectivity index (χ0n) is 8.76. The van der Waals surface area contributed by atoms with Gasteiger partial charge in [-0.05, 0) is 34.2 Å². The van der Waals surface area contributed by atoms with Gasteiger partial charge in [-0.3, -0.25) is 4.79 Å². The molecule has 0 saturated heterocycles. The first-order chi connectivity index (χ1) is 8.32. The van der Waals surface area contributed by atoms with Crippen LogP contribution in [0.5, 0.6) is 0 Å². The van der Waals surface area contributed by atoms with Crippen LogP contribution in [-0.2, 0) is 10.2 Å². The van der Waals surface area contributed by atoms with Crippen molar-refractivity contribution < 1.29 is 23.0 Å². The Balaban J connectivity index is 2.57. The number of amides is 1. The Bertz CT molecular complexity index is 656. The zero-order valence-corrected chi connectivity index (χ0v) is 10.5. The Morgan fingerprint density at radius 1 is 1.39 bits per heavy atom. The Morgan fingerprint density at radius 2 is 2.06 bits per heavy atom. The SMILES string of the molecule is NC(=O)c1cc2cc(C(F)(F)[P+](=O)O)ccc2s1. The number of primary amides is 1. The van der Waals surface area contributed by atoms with Crippen LogP contribution < -0.4 is 5.73 Å². The van der Waals surface area contributed by atoms with Crippen molar-refractivity contribution in [3.8, 4) is 0 Å². The number of hydrogen-bond donors (Lipinski definition) is 2. The highest BCUT2D eigenvalue weighted by atomic mass is 32.1. The molecule has 0 spiro atoms. The Morgan fingerprint density at radius 3 is 2.61 bits per heavy atom. The van der Waals surface area contributed by atoms with Gasteiger partial charge in [-0.1, -0.05) is 0 Å². The van der Waals surface area contributed by atoms with E-state index in [0.29, 0.717) is 10.1 Å². The van der Waals surface area contributed by atoms with Gasteiger partial charge in [0.15, 0.2) is 0 Å². The molecule has 1 unspecified atom stereocenters. The summed E-state index contributed by atoms with van der Waals surface area (Å²) in [4.78, 5) is 19.8. The van der Waals surface area contributed by atoms with Crippen LogP contribution in [0.3, 0.4) is 0 Å². The summed E-state index contributed by atoms with van der Waals surface area (Å²) >= 11 is 1.08. The van der Waals surface area contributed by atoms with Gasteiger partial charge in [-0.15, -0.1) is 20.1 Å².